The lowest BCUT2D eigenvalue weighted by Gasteiger charge is -2.33. The van der Waals surface area contributed by atoms with Gasteiger partial charge >= 0.3 is 6.09 Å². The van der Waals surface area contributed by atoms with Crippen molar-refractivity contribution in [2.45, 2.75) is 25.8 Å². The molecule has 1 N–H and O–H groups in total. The Hall–Kier alpha value is -1.71. The van der Waals surface area contributed by atoms with Crippen LogP contribution in [0.3, 0.4) is 0 Å². The molecule has 1 aliphatic rings. The Labute approximate surface area is 108 Å². The summed E-state index contributed by atoms with van der Waals surface area (Å²) >= 11 is 0. The average molecular weight is 248 g/mol. The molecule has 1 aliphatic heterocycles. The first-order chi connectivity index (χ1) is 8.79. The number of piperidine rings is 1. The van der Waals surface area contributed by atoms with Gasteiger partial charge in [0.25, 0.3) is 0 Å². The second-order valence-electron chi connectivity index (χ2n) is 4.46. The van der Waals surface area contributed by atoms with Gasteiger partial charge in [-0.2, -0.15) is 0 Å². The van der Waals surface area contributed by atoms with Gasteiger partial charge in [0, 0.05) is 24.8 Å². The van der Waals surface area contributed by atoms with E-state index in [9.17, 15) is 4.79 Å². The molecule has 0 bridgehead atoms. The number of amides is 1. The smallest absolute Gasteiger partial charge is 0.407 e. The number of carbonyl (C=O) groups excluding carboxylic acids is 1. The molecule has 4 heteroatoms. The van der Waals surface area contributed by atoms with Crippen LogP contribution in [0.25, 0.3) is 0 Å². The van der Waals surface area contributed by atoms with Crippen molar-refractivity contribution in [2.75, 3.05) is 24.6 Å². The van der Waals surface area contributed by atoms with Crippen LogP contribution in [0, 0.1) is 0 Å². The first-order valence-corrected chi connectivity index (χ1v) is 6.53. The second kappa shape index (κ2) is 6.28. The Balaban J connectivity index is 1.80. The third-order valence-corrected chi connectivity index (χ3v) is 3.21. The number of alkyl carbamates (subject to hydrolysis) is 1. The van der Waals surface area contributed by atoms with E-state index in [1.165, 1.54) is 5.69 Å². The largest absolute Gasteiger partial charge is 0.450 e. The van der Waals surface area contributed by atoms with E-state index in [2.05, 4.69) is 34.5 Å². The summed E-state index contributed by atoms with van der Waals surface area (Å²) in [6.07, 6.45) is 1.64. The Morgan fingerprint density at radius 2 is 2.00 bits per heavy atom. The third-order valence-electron chi connectivity index (χ3n) is 3.21. The molecule has 4 nitrogen and oxygen atoms in total. The molecular weight excluding hydrogens is 228 g/mol. The Morgan fingerprint density at radius 3 is 2.61 bits per heavy atom. The molecule has 1 aromatic carbocycles. The van der Waals surface area contributed by atoms with Crippen LogP contribution in [-0.4, -0.2) is 31.8 Å². The van der Waals surface area contributed by atoms with Gasteiger partial charge in [-0.1, -0.05) is 18.2 Å². The van der Waals surface area contributed by atoms with Crippen molar-refractivity contribution in [1.29, 1.82) is 0 Å². The molecule has 18 heavy (non-hydrogen) atoms. The summed E-state index contributed by atoms with van der Waals surface area (Å²) in [6, 6.07) is 10.6. The van der Waals surface area contributed by atoms with Gasteiger partial charge in [-0.05, 0) is 31.9 Å². The lowest BCUT2D eigenvalue weighted by atomic mass is 10.0. The number of anilines is 1. The van der Waals surface area contributed by atoms with Gasteiger partial charge in [0.15, 0.2) is 0 Å². The highest BCUT2D eigenvalue weighted by atomic mass is 16.5. The molecule has 0 aliphatic carbocycles. The fourth-order valence-electron chi connectivity index (χ4n) is 2.26. The van der Waals surface area contributed by atoms with Gasteiger partial charge in [0.05, 0.1) is 6.61 Å². The van der Waals surface area contributed by atoms with Crippen molar-refractivity contribution in [1.82, 2.24) is 5.32 Å². The normalized spacial score (nSPS) is 16.4. The molecule has 98 valence electrons. The molecule has 0 radical (unpaired) electrons. The number of carbonyl (C=O) groups is 1. The highest BCUT2D eigenvalue weighted by Crippen LogP contribution is 2.19. The van der Waals surface area contributed by atoms with E-state index < -0.39 is 0 Å². The molecular formula is C14H20N2O2. The summed E-state index contributed by atoms with van der Waals surface area (Å²) in [5.74, 6) is 0. The van der Waals surface area contributed by atoms with Crippen molar-refractivity contribution in [3.8, 4) is 0 Å². The number of hydrogen-bond donors (Lipinski definition) is 1. The second-order valence-corrected chi connectivity index (χ2v) is 4.46. The van der Waals surface area contributed by atoms with E-state index in [4.69, 9.17) is 4.74 Å². The maximum Gasteiger partial charge on any atom is 0.407 e. The van der Waals surface area contributed by atoms with E-state index in [0.29, 0.717) is 6.61 Å². The zero-order chi connectivity index (χ0) is 12.8. The summed E-state index contributed by atoms with van der Waals surface area (Å²) in [7, 11) is 0. The maximum absolute atomic E-state index is 11.3. The highest BCUT2D eigenvalue weighted by Gasteiger charge is 2.20. The van der Waals surface area contributed by atoms with Crippen LogP contribution in [-0.2, 0) is 4.74 Å². The zero-order valence-corrected chi connectivity index (χ0v) is 10.8. The van der Waals surface area contributed by atoms with Gasteiger partial charge in [-0.3, -0.25) is 0 Å². The quantitative estimate of drug-likeness (QED) is 0.893. The SMILES string of the molecule is CCOC(=O)NC1CCN(c2ccccc2)CC1. The summed E-state index contributed by atoms with van der Waals surface area (Å²) in [5, 5.41) is 2.90. The fourth-order valence-corrected chi connectivity index (χ4v) is 2.26. The van der Waals surface area contributed by atoms with Crippen molar-refractivity contribution in [3.63, 3.8) is 0 Å². The minimum Gasteiger partial charge on any atom is -0.450 e. The van der Waals surface area contributed by atoms with Crippen LogP contribution >= 0.6 is 0 Å². The van der Waals surface area contributed by atoms with Gasteiger partial charge in [0.1, 0.15) is 0 Å². The van der Waals surface area contributed by atoms with Crippen LogP contribution in [0.5, 0.6) is 0 Å². The van der Waals surface area contributed by atoms with Gasteiger partial charge < -0.3 is 15.0 Å². The fraction of sp³-hybridized carbons (Fsp3) is 0.500. The molecule has 0 unspecified atom stereocenters. The molecule has 1 fully saturated rings. The lowest BCUT2D eigenvalue weighted by molar-refractivity contribution is 0.146. The monoisotopic (exact) mass is 248 g/mol. The number of ether oxygens (including phenoxy) is 1. The predicted octanol–water partition coefficient (Wildman–Crippen LogP) is 2.40. The van der Waals surface area contributed by atoms with Crippen molar-refractivity contribution < 1.29 is 9.53 Å². The number of rotatable bonds is 3. The number of nitrogens with one attached hydrogen (secondary N) is 1. The maximum atomic E-state index is 11.3. The summed E-state index contributed by atoms with van der Waals surface area (Å²) < 4.78 is 4.89. The van der Waals surface area contributed by atoms with E-state index in [1.54, 1.807) is 0 Å². The van der Waals surface area contributed by atoms with Crippen LogP contribution in [0.2, 0.25) is 0 Å². The Bertz CT molecular complexity index is 373. The molecule has 0 aromatic heterocycles. The van der Waals surface area contributed by atoms with Gasteiger partial charge in [-0.15, -0.1) is 0 Å². The topological polar surface area (TPSA) is 41.6 Å². The lowest BCUT2D eigenvalue weighted by Crippen LogP contribution is -2.44. The number of benzene rings is 1. The van der Waals surface area contributed by atoms with Crippen molar-refractivity contribution in [3.05, 3.63) is 30.3 Å². The minimum absolute atomic E-state index is 0.240. The van der Waals surface area contributed by atoms with E-state index in [-0.39, 0.29) is 12.1 Å². The Morgan fingerprint density at radius 1 is 1.33 bits per heavy atom. The highest BCUT2D eigenvalue weighted by molar-refractivity contribution is 5.67. The summed E-state index contributed by atoms with van der Waals surface area (Å²) in [5.41, 5.74) is 1.26. The van der Waals surface area contributed by atoms with Crippen molar-refractivity contribution in [2.24, 2.45) is 0 Å². The molecule has 1 amide bonds. The van der Waals surface area contributed by atoms with Crippen LogP contribution in [0.1, 0.15) is 19.8 Å². The summed E-state index contributed by atoms with van der Waals surface area (Å²) in [6.45, 7) is 4.19. The summed E-state index contributed by atoms with van der Waals surface area (Å²) in [4.78, 5) is 13.7. The van der Waals surface area contributed by atoms with Crippen LogP contribution < -0.4 is 10.2 Å². The predicted molar refractivity (Wildman–Crippen MR) is 71.8 cm³/mol. The number of hydrogen-bond acceptors (Lipinski definition) is 3. The number of nitrogens with zero attached hydrogens (tertiary/aromatic N) is 1. The van der Waals surface area contributed by atoms with Crippen molar-refractivity contribution >= 4 is 11.8 Å². The standard InChI is InChI=1S/C14H20N2O2/c1-2-18-14(17)15-12-8-10-16(11-9-12)13-6-4-3-5-7-13/h3-7,12H,2,8-11H2,1H3,(H,15,17). The van der Waals surface area contributed by atoms with Crippen LogP contribution in [0.15, 0.2) is 30.3 Å². The molecule has 0 atom stereocenters. The first kappa shape index (κ1) is 12.7. The van der Waals surface area contributed by atoms with E-state index in [1.807, 2.05) is 13.0 Å². The molecule has 1 aromatic rings. The molecule has 1 heterocycles. The number of para-hydroxylation sites is 1. The molecule has 0 spiro atoms. The van der Waals surface area contributed by atoms with Gasteiger partial charge in [-0.25, -0.2) is 4.79 Å². The van der Waals surface area contributed by atoms with Gasteiger partial charge in [0.2, 0.25) is 0 Å². The minimum atomic E-state index is -0.296. The molecule has 0 saturated carbocycles. The first-order valence-electron chi connectivity index (χ1n) is 6.53. The van der Waals surface area contributed by atoms with Crippen LogP contribution in [0.4, 0.5) is 10.5 Å². The molecule has 1 saturated heterocycles. The Kier molecular flexibility index (Phi) is 4.45. The van der Waals surface area contributed by atoms with E-state index >= 15 is 0 Å². The average Bonchev–Trinajstić information content (AvgIpc) is 2.41. The zero-order valence-electron chi connectivity index (χ0n) is 10.8. The third kappa shape index (κ3) is 3.39. The van der Waals surface area contributed by atoms with E-state index in [0.717, 1.165) is 25.9 Å². The molecule has 2 rings (SSSR count).